The van der Waals surface area contributed by atoms with E-state index in [1.807, 2.05) is 6.92 Å². The van der Waals surface area contributed by atoms with E-state index in [2.05, 4.69) is 26.0 Å². The molecule has 0 aliphatic heterocycles. The van der Waals surface area contributed by atoms with Crippen LogP contribution >= 0.6 is 0 Å². The van der Waals surface area contributed by atoms with Crippen LogP contribution in [0.15, 0.2) is 23.3 Å². The van der Waals surface area contributed by atoms with Gasteiger partial charge in [-0.15, -0.1) is 0 Å². The Bertz CT molecular complexity index is 930. The maximum absolute atomic E-state index is 12.8. The summed E-state index contributed by atoms with van der Waals surface area (Å²) in [4.78, 5) is 25.2. The van der Waals surface area contributed by atoms with Crippen LogP contribution < -0.4 is 9.47 Å². The van der Waals surface area contributed by atoms with Gasteiger partial charge in [0.05, 0.1) is 33.4 Å². The third-order valence-corrected chi connectivity index (χ3v) is 5.38. The summed E-state index contributed by atoms with van der Waals surface area (Å²) in [5.41, 5.74) is 3.10. The lowest BCUT2D eigenvalue weighted by atomic mass is 9.92. The highest BCUT2D eigenvalue weighted by Gasteiger charge is 2.31. The second-order valence-corrected chi connectivity index (χ2v) is 9.43. The van der Waals surface area contributed by atoms with Gasteiger partial charge < -0.3 is 24.1 Å². The average molecular weight is 477 g/mol. The topological polar surface area (TPSA) is 91.3 Å². The van der Waals surface area contributed by atoms with Crippen LogP contribution in [0, 0.1) is 5.41 Å². The van der Waals surface area contributed by atoms with E-state index in [0.717, 1.165) is 12.8 Å². The minimum Gasteiger partial charge on any atom is -0.496 e. The number of carbonyl (C=O) groups excluding carboxylic acids is 2. The van der Waals surface area contributed by atoms with Crippen LogP contribution in [0.5, 0.6) is 11.5 Å². The summed E-state index contributed by atoms with van der Waals surface area (Å²) in [5, 5.41) is 10.2. The molecule has 0 heterocycles. The van der Waals surface area contributed by atoms with Gasteiger partial charge in [-0.2, -0.15) is 0 Å². The molecule has 1 aromatic rings. The van der Waals surface area contributed by atoms with Gasteiger partial charge in [0.1, 0.15) is 23.7 Å². The van der Waals surface area contributed by atoms with E-state index in [0.29, 0.717) is 28.9 Å². The third kappa shape index (κ3) is 7.62. The Morgan fingerprint density at radius 3 is 2.00 bits per heavy atom. The van der Waals surface area contributed by atoms with Gasteiger partial charge in [0.25, 0.3) is 0 Å². The number of aliphatic hydroxyl groups excluding tert-OH is 1. The van der Waals surface area contributed by atoms with Gasteiger partial charge in [-0.25, -0.2) is 4.79 Å². The van der Waals surface area contributed by atoms with Crippen LogP contribution in [-0.4, -0.2) is 38.4 Å². The molecule has 0 bridgehead atoms. The Hall–Kier alpha value is -2.80. The summed E-state index contributed by atoms with van der Waals surface area (Å²) in [6.07, 6.45) is 6.50. The zero-order chi connectivity index (χ0) is 26.1. The fourth-order valence-electron chi connectivity index (χ4n) is 3.48. The summed E-state index contributed by atoms with van der Waals surface area (Å²) in [6, 6.07) is 0. The highest BCUT2D eigenvalue weighted by Crippen LogP contribution is 2.41. The molecule has 0 amide bonds. The van der Waals surface area contributed by atoms with Crippen molar-refractivity contribution in [2.24, 2.45) is 5.41 Å². The lowest BCUT2D eigenvalue weighted by Gasteiger charge is -2.24. The Morgan fingerprint density at radius 2 is 1.53 bits per heavy atom. The third-order valence-electron chi connectivity index (χ3n) is 5.38. The molecule has 0 unspecified atom stereocenters. The summed E-state index contributed by atoms with van der Waals surface area (Å²) in [6.45, 7) is 10.7. The Morgan fingerprint density at radius 1 is 0.912 bits per heavy atom. The van der Waals surface area contributed by atoms with E-state index in [9.17, 15) is 14.7 Å². The van der Waals surface area contributed by atoms with Gasteiger partial charge in [0.2, 0.25) is 0 Å². The number of hydrogen-bond acceptors (Lipinski definition) is 7. The maximum Gasteiger partial charge on any atom is 0.342 e. The van der Waals surface area contributed by atoms with Crippen LogP contribution in [0.4, 0.5) is 0 Å². The molecule has 34 heavy (non-hydrogen) atoms. The smallest absolute Gasteiger partial charge is 0.342 e. The molecule has 0 atom stereocenters. The number of benzene rings is 1. The molecule has 0 fully saturated rings. The standard InChI is InChI=1S/C27H40O7/c1-17(2)11-10-12-18(3)13-14-19-23(31-7)20(15-28)21(16-34-26(30)27(4,5)6)22(24(19)32-8)25(29)33-9/h11,13,28H,10,12,14-16H2,1-9H3/b18-13+. The molecule has 1 N–H and O–H groups in total. The molecule has 0 aromatic heterocycles. The van der Waals surface area contributed by atoms with Crippen molar-refractivity contribution >= 4 is 11.9 Å². The Kier molecular flexibility index (Phi) is 11.3. The zero-order valence-corrected chi connectivity index (χ0v) is 22.1. The van der Waals surface area contributed by atoms with E-state index in [4.69, 9.17) is 18.9 Å². The summed E-state index contributed by atoms with van der Waals surface area (Å²) in [7, 11) is 4.22. The van der Waals surface area contributed by atoms with Crippen molar-refractivity contribution in [2.45, 2.75) is 74.0 Å². The lowest BCUT2D eigenvalue weighted by Crippen LogP contribution is -2.24. The molecule has 0 radical (unpaired) electrons. The molecular weight excluding hydrogens is 436 g/mol. The van der Waals surface area contributed by atoms with E-state index < -0.39 is 24.0 Å². The molecule has 0 aliphatic rings. The first-order valence-electron chi connectivity index (χ1n) is 11.4. The van der Waals surface area contributed by atoms with E-state index >= 15 is 0 Å². The fraction of sp³-hybridized carbons (Fsp3) is 0.556. The molecule has 0 aliphatic carbocycles. The van der Waals surface area contributed by atoms with Crippen LogP contribution in [0.1, 0.15) is 81.4 Å². The molecule has 0 saturated carbocycles. The number of ether oxygens (including phenoxy) is 4. The molecule has 0 spiro atoms. The fourth-order valence-corrected chi connectivity index (χ4v) is 3.48. The van der Waals surface area contributed by atoms with E-state index in [1.165, 1.54) is 32.5 Å². The number of allylic oxidation sites excluding steroid dienone is 4. The summed E-state index contributed by atoms with van der Waals surface area (Å²) < 4.78 is 21.8. The quantitative estimate of drug-likeness (QED) is 0.342. The van der Waals surface area contributed by atoms with Crippen molar-refractivity contribution in [1.29, 1.82) is 0 Å². The number of methoxy groups -OCH3 is 3. The normalized spacial score (nSPS) is 11.6. The van der Waals surface area contributed by atoms with E-state index in [1.54, 1.807) is 20.8 Å². The van der Waals surface area contributed by atoms with Gasteiger partial charge in [0, 0.05) is 16.7 Å². The molecule has 7 nitrogen and oxygen atoms in total. The van der Waals surface area contributed by atoms with Gasteiger partial charge in [-0.3, -0.25) is 4.79 Å². The van der Waals surface area contributed by atoms with Gasteiger partial charge in [-0.05, 0) is 60.8 Å². The summed E-state index contributed by atoms with van der Waals surface area (Å²) in [5.74, 6) is -0.427. The van der Waals surface area contributed by atoms with Gasteiger partial charge >= 0.3 is 11.9 Å². The van der Waals surface area contributed by atoms with E-state index in [-0.39, 0.29) is 17.9 Å². The molecule has 190 valence electrons. The number of aliphatic hydroxyl groups is 1. The van der Waals surface area contributed by atoms with Crippen LogP contribution in [0.25, 0.3) is 0 Å². The average Bonchev–Trinajstić information content (AvgIpc) is 2.78. The second-order valence-electron chi connectivity index (χ2n) is 9.43. The van der Waals surface area contributed by atoms with Crippen LogP contribution in [-0.2, 0) is 33.9 Å². The predicted octanol–water partition coefficient (Wildman–Crippen LogP) is 5.31. The SMILES string of the molecule is COC(=O)c1c(COC(=O)C(C)(C)C)c(CO)c(OC)c(C/C=C(\C)CCC=C(C)C)c1OC. The Balaban J connectivity index is 3.63. The van der Waals surface area contributed by atoms with Crippen molar-refractivity contribution in [2.75, 3.05) is 21.3 Å². The highest BCUT2D eigenvalue weighted by molar-refractivity contribution is 5.96. The van der Waals surface area contributed by atoms with Crippen molar-refractivity contribution in [3.05, 3.63) is 45.6 Å². The first kappa shape index (κ1) is 29.2. The minimum atomic E-state index is -0.729. The first-order valence-corrected chi connectivity index (χ1v) is 11.4. The largest absolute Gasteiger partial charge is 0.496 e. The molecular formula is C27H40O7. The molecule has 1 aromatic carbocycles. The van der Waals surface area contributed by atoms with Crippen molar-refractivity contribution < 1.29 is 33.6 Å². The first-order chi connectivity index (χ1) is 15.9. The maximum atomic E-state index is 12.8. The van der Waals surface area contributed by atoms with Crippen molar-refractivity contribution in [3.8, 4) is 11.5 Å². The molecule has 0 saturated heterocycles. The highest BCUT2D eigenvalue weighted by atomic mass is 16.5. The molecule has 7 heteroatoms. The monoisotopic (exact) mass is 476 g/mol. The number of carbonyl (C=O) groups is 2. The predicted molar refractivity (Wildman–Crippen MR) is 132 cm³/mol. The zero-order valence-electron chi connectivity index (χ0n) is 22.1. The number of rotatable bonds is 11. The number of hydrogen-bond donors (Lipinski definition) is 1. The minimum absolute atomic E-state index is 0.113. The second kappa shape index (κ2) is 13.2. The lowest BCUT2D eigenvalue weighted by molar-refractivity contribution is -0.154. The summed E-state index contributed by atoms with van der Waals surface area (Å²) >= 11 is 0. The number of esters is 2. The van der Waals surface area contributed by atoms with Gasteiger partial charge in [-0.1, -0.05) is 23.3 Å². The van der Waals surface area contributed by atoms with Crippen molar-refractivity contribution in [3.63, 3.8) is 0 Å². The molecule has 1 rings (SSSR count). The van der Waals surface area contributed by atoms with Crippen LogP contribution in [0.2, 0.25) is 0 Å². The Labute approximate surface area is 203 Å². The van der Waals surface area contributed by atoms with Crippen LogP contribution in [0.3, 0.4) is 0 Å². The van der Waals surface area contributed by atoms with Crippen molar-refractivity contribution in [1.82, 2.24) is 0 Å². The van der Waals surface area contributed by atoms with Gasteiger partial charge in [0.15, 0.2) is 0 Å².